The molecular formula is C16H20N4O2S. The van der Waals surface area contributed by atoms with Crippen molar-refractivity contribution in [3.63, 3.8) is 0 Å². The van der Waals surface area contributed by atoms with E-state index in [1.165, 1.54) is 24.4 Å². The SMILES string of the molecule is Cc1nsc2ncc(C(=O)NCC3CN4CCCC4CO3)cc12. The molecule has 2 aliphatic rings. The standard InChI is InChI=1S/C16H20N4O2S/c1-10-14-5-11(6-18-16(14)23-19-10)15(21)17-7-13-8-20-4-2-3-12(20)9-22-13/h5-6,12-13H,2-4,7-9H2,1H3,(H,17,21). The second-order valence-electron chi connectivity index (χ2n) is 6.30. The summed E-state index contributed by atoms with van der Waals surface area (Å²) in [6, 6.07) is 2.46. The van der Waals surface area contributed by atoms with Gasteiger partial charge in [0.1, 0.15) is 4.83 Å². The predicted octanol–water partition coefficient (Wildman–Crippen LogP) is 1.59. The minimum atomic E-state index is -0.0999. The third-order valence-corrected chi connectivity index (χ3v) is 5.59. The number of fused-ring (bicyclic) bond motifs is 2. The Hall–Kier alpha value is -1.57. The molecule has 2 aliphatic heterocycles. The van der Waals surface area contributed by atoms with Crippen molar-refractivity contribution in [3.05, 3.63) is 23.5 Å². The van der Waals surface area contributed by atoms with E-state index in [9.17, 15) is 4.79 Å². The van der Waals surface area contributed by atoms with Crippen molar-refractivity contribution in [3.8, 4) is 0 Å². The highest BCUT2D eigenvalue weighted by Crippen LogP contribution is 2.23. The van der Waals surface area contributed by atoms with Crippen LogP contribution in [0.1, 0.15) is 28.9 Å². The van der Waals surface area contributed by atoms with Crippen molar-refractivity contribution in [2.75, 3.05) is 26.2 Å². The number of carbonyl (C=O) groups is 1. The summed E-state index contributed by atoms with van der Waals surface area (Å²) in [5.74, 6) is -0.0999. The van der Waals surface area contributed by atoms with E-state index in [-0.39, 0.29) is 12.0 Å². The smallest absolute Gasteiger partial charge is 0.252 e. The molecule has 0 radical (unpaired) electrons. The Kier molecular flexibility index (Phi) is 4.00. The molecule has 4 rings (SSSR count). The van der Waals surface area contributed by atoms with Crippen molar-refractivity contribution in [2.24, 2.45) is 0 Å². The number of ether oxygens (including phenoxy) is 1. The van der Waals surface area contributed by atoms with Crippen molar-refractivity contribution in [1.82, 2.24) is 19.6 Å². The van der Waals surface area contributed by atoms with Crippen LogP contribution in [-0.2, 0) is 4.74 Å². The second-order valence-corrected chi connectivity index (χ2v) is 7.05. The molecule has 2 fully saturated rings. The van der Waals surface area contributed by atoms with E-state index in [0.717, 1.165) is 35.6 Å². The van der Waals surface area contributed by atoms with Crippen LogP contribution in [0.4, 0.5) is 0 Å². The van der Waals surface area contributed by atoms with E-state index >= 15 is 0 Å². The number of aryl methyl sites for hydroxylation is 1. The van der Waals surface area contributed by atoms with Crippen LogP contribution < -0.4 is 5.32 Å². The van der Waals surface area contributed by atoms with Crippen molar-refractivity contribution in [2.45, 2.75) is 31.9 Å². The molecule has 6 nitrogen and oxygen atoms in total. The first-order chi connectivity index (χ1) is 11.2. The Morgan fingerprint density at radius 1 is 1.57 bits per heavy atom. The number of pyridine rings is 1. The molecule has 7 heteroatoms. The van der Waals surface area contributed by atoms with Gasteiger partial charge in [-0.15, -0.1) is 0 Å². The molecule has 2 unspecified atom stereocenters. The lowest BCUT2D eigenvalue weighted by Crippen LogP contribution is -2.50. The molecule has 2 aromatic rings. The summed E-state index contributed by atoms with van der Waals surface area (Å²) >= 11 is 1.36. The first-order valence-corrected chi connectivity index (χ1v) is 8.84. The minimum absolute atomic E-state index is 0.0783. The molecule has 2 atom stereocenters. The molecule has 1 N–H and O–H groups in total. The molecular weight excluding hydrogens is 312 g/mol. The van der Waals surface area contributed by atoms with Gasteiger partial charge in [0.25, 0.3) is 5.91 Å². The van der Waals surface area contributed by atoms with Gasteiger partial charge in [-0.05, 0) is 43.9 Å². The fourth-order valence-electron chi connectivity index (χ4n) is 3.39. The van der Waals surface area contributed by atoms with Gasteiger partial charge < -0.3 is 10.1 Å². The summed E-state index contributed by atoms with van der Waals surface area (Å²) in [5.41, 5.74) is 1.50. The van der Waals surface area contributed by atoms with Crippen LogP contribution in [0.5, 0.6) is 0 Å². The van der Waals surface area contributed by atoms with E-state index in [4.69, 9.17) is 4.74 Å². The number of amides is 1. The van der Waals surface area contributed by atoms with Crippen LogP contribution in [-0.4, -0.2) is 58.6 Å². The second kappa shape index (κ2) is 6.14. The summed E-state index contributed by atoms with van der Waals surface area (Å²) in [4.78, 5) is 20.0. The Morgan fingerprint density at radius 2 is 2.48 bits per heavy atom. The summed E-state index contributed by atoms with van der Waals surface area (Å²) in [6.45, 7) is 5.33. The van der Waals surface area contributed by atoms with E-state index < -0.39 is 0 Å². The monoisotopic (exact) mass is 332 g/mol. The number of aromatic nitrogens is 2. The topological polar surface area (TPSA) is 67.4 Å². The number of rotatable bonds is 3. The van der Waals surface area contributed by atoms with Crippen LogP contribution in [0.3, 0.4) is 0 Å². The van der Waals surface area contributed by atoms with E-state index in [1.807, 2.05) is 13.0 Å². The molecule has 23 heavy (non-hydrogen) atoms. The van der Waals surface area contributed by atoms with Gasteiger partial charge in [-0.2, -0.15) is 4.37 Å². The van der Waals surface area contributed by atoms with Crippen molar-refractivity contribution in [1.29, 1.82) is 0 Å². The van der Waals surface area contributed by atoms with Crippen LogP contribution in [0.15, 0.2) is 12.3 Å². The average molecular weight is 332 g/mol. The highest BCUT2D eigenvalue weighted by atomic mass is 32.1. The Balaban J connectivity index is 1.38. The molecule has 2 aromatic heterocycles. The first kappa shape index (κ1) is 15.0. The van der Waals surface area contributed by atoms with Crippen LogP contribution >= 0.6 is 11.5 Å². The van der Waals surface area contributed by atoms with Gasteiger partial charge in [-0.3, -0.25) is 9.69 Å². The highest BCUT2D eigenvalue weighted by molar-refractivity contribution is 7.12. The zero-order valence-electron chi connectivity index (χ0n) is 13.1. The molecule has 2 saturated heterocycles. The maximum Gasteiger partial charge on any atom is 0.252 e. The first-order valence-electron chi connectivity index (χ1n) is 8.06. The Labute approximate surface area is 139 Å². The fraction of sp³-hybridized carbons (Fsp3) is 0.562. The molecule has 1 amide bonds. The van der Waals surface area contributed by atoms with E-state index in [2.05, 4.69) is 19.6 Å². The van der Waals surface area contributed by atoms with Gasteiger partial charge in [0.15, 0.2) is 0 Å². The largest absolute Gasteiger partial charge is 0.373 e. The predicted molar refractivity (Wildman–Crippen MR) is 88.8 cm³/mol. The molecule has 0 saturated carbocycles. The highest BCUT2D eigenvalue weighted by Gasteiger charge is 2.32. The molecule has 0 aromatic carbocycles. The molecule has 4 heterocycles. The number of morpholine rings is 1. The van der Waals surface area contributed by atoms with Crippen molar-refractivity contribution < 1.29 is 9.53 Å². The zero-order valence-corrected chi connectivity index (χ0v) is 13.9. The van der Waals surface area contributed by atoms with Gasteiger partial charge in [-0.25, -0.2) is 4.98 Å². The minimum Gasteiger partial charge on any atom is -0.373 e. The Bertz CT molecular complexity index is 732. The molecule has 0 bridgehead atoms. The number of hydrogen-bond donors (Lipinski definition) is 1. The number of nitrogens with zero attached hydrogens (tertiary/aromatic N) is 3. The summed E-state index contributed by atoms with van der Waals surface area (Å²) in [7, 11) is 0. The van der Waals surface area contributed by atoms with Crippen molar-refractivity contribution >= 4 is 27.7 Å². The lowest BCUT2D eigenvalue weighted by atomic mass is 10.1. The van der Waals surface area contributed by atoms with Gasteiger partial charge in [0.05, 0.1) is 24.0 Å². The molecule has 122 valence electrons. The number of hydrogen-bond acceptors (Lipinski definition) is 6. The lowest BCUT2D eigenvalue weighted by molar-refractivity contribution is -0.0461. The third-order valence-electron chi connectivity index (χ3n) is 4.72. The van der Waals surface area contributed by atoms with Gasteiger partial charge >= 0.3 is 0 Å². The zero-order chi connectivity index (χ0) is 15.8. The average Bonchev–Trinajstić information content (AvgIpc) is 3.18. The molecule has 0 aliphatic carbocycles. The number of nitrogens with one attached hydrogen (secondary N) is 1. The van der Waals surface area contributed by atoms with Crippen LogP contribution in [0, 0.1) is 6.92 Å². The maximum absolute atomic E-state index is 12.4. The number of carbonyl (C=O) groups excluding carboxylic acids is 1. The lowest BCUT2D eigenvalue weighted by Gasteiger charge is -2.35. The van der Waals surface area contributed by atoms with Gasteiger partial charge in [0, 0.05) is 30.7 Å². The Morgan fingerprint density at radius 3 is 3.39 bits per heavy atom. The quantitative estimate of drug-likeness (QED) is 0.924. The van der Waals surface area contributed by atoms with E-state index in [1.54, 1.807) is 6.20 Å². The molecule has 0 spiro atoms. The van der Waals surface area contributed by atoms with Gasteiger partial charge in [-0.1, -0.05) is 0 Å². The van der Waals surface area contributed by atoms with Crippen LogP contribution in [0.2, 0.25) is 0 Å². The van der Waals surface area contributed by atoms with E-state index in [0.29, 0.717) is 18.2 Å². The maximum atomic E-state index is 12.4. The summed E-state index contributed by atoms with van der Waals surface area (Å²) in [6.07, 6.45) is 4.19. The van der Waals surface area contributed by atoms with Gasteiger partial charge in [0.2, 0.25) is 0 Å². The fourth-order valence-corrected chi connectivity index (χ4v) is 4.11. The summed E-state index contributed by atoms with van der Waals surface area (Å²) in [5, 5.41) is 3.93. The van der Waals surface area contributed by atoms with Crippen LogP contribution in [0.25, 0.3) is 10.2 Å². The third kappa shape index (κ3) is 2.96. The normalized spacial score (nSPS) is 24.7. The summed E-state index contributed by atoms with van der Waals surface area (Å²) < 4.78 is 10.1.